The molecule has 10 heavy (non-hydrogen) atoms. The Morgan fingerprint density at radius 2 is 2.00 bits per heavy atom. The van der Waals surface area contributed by atoms with Crippen LogP contribution in [-0.4, -0.2) is 9.52 Å². The van der Waals surface area contributed by atoms with Gasteiger partial charge >= 0.3 is 0 Å². The first kappa shape index (κ1) is 8.12. The Labute approximate surface area is 73.0 Å². The summed E-state index contributed by atoms with van der Waals surface area (Å²) in [5.41, 5.74) is 0. The van der Waals surface area contributed by atoms with E-state index in [-0.39, 0.29) is 0 Å². The van der Waals surface area contributed by atoms with E-state index in [2.05, 4.69) is 6.55 Å². The van der Waals surface area contributed by atoms with Crippen molar-refractivity contribution in [2.75, 3.05) is 0 Å². The second-order valence-corrected chi connectivity index (χ2v) is 3.68. The second kappa shape index (κ2) is 3.42. The number of benzene rings is 1. The first-order chi connectivity index (χ1) is 4.75. The number of hydrogen-bond acceptors (Lipinski definition) is 0. The van der Waals surface area contributed by atoms with E-state index in [4.69, 9.17) is 23.2 Å². The summed E-state index contributed by atoms with van der Waals surface area (Å²) in [4.78, 5) is 0. The number of rotatable bonds is 1. The summed E-state index contributed by atoms with van der Waals surface area (Å²) in [7, 11) is 0.709. The van der Waals surface area contributed by atoms with Gasteiger partial charge in [-0.15, -0.1) is 0 Å². The van der Waals surface area contributed by atoms with E-state index < -0.39 is 0 Å². The number of hydrogen-bond donors (Lipinski definition) is 0. The fraction of sp³-hybridized carbons (Fsp3) is 0.143. The molecule has 0 atom stereocenters. The topological polar surface area (TPSA) is 0 Å². The zero-order chi connectivity index (χ0) is 7.56. The van der Waals surface area contributed by atoms with Crippen molar-refractivity contribution in [1.82, 2.24) is 0 Å². The Balaban J connectivity index is 3.14. The summed E-state index contributed by atoms with van der Waals surface area (Å²) >= 11 is 11.6. The lowest BCUT2D eigenvalue weighted by atomic mass is 10.4. The van der Waals surface area contributed by atoms with Crippen LogP contribution in [0.4, 0.5) is 0 Å². The van der Waals surface area contributed by atoms with Gasteiger partial charge in [-0.2, -0.15) is 0 Å². The molecule has 0 aliphatic rings. The van der Waals surface area contributed by atoms with Gasteiger partial charge in [-0.05, 0) is 11.3 Å². The van der Waals surface area contributed by atoms with Gasteiger partial charge in [0.2, 0.25) is 0 Å². The third-order valence-electron chi connectivity index (χ3n) is 1.22. The normalized spacial score (nSPS) is 9.90. The second-order valence-electron chi connectivity index (χ2n) is 1.85. The molecule has 0 saturated heterocycles. The van der Waals surface area contributed by atoms with Crippen LogP contribution in [0.2, 0.25) is 16.6 Å². The quantitative estimate of drug-likeness (QED) is 0.595. The highest BCUT2D eigenvalue weighted by molar-refractivity contribution is 6.59. The van der Waals surface area contributed by atoms with Crippen molar-refractivity contribution < 1.29 is 0 Å². The van der Waals surface area contributed by atoms with E-state index >= 15 is 0 Å². The largest absolute Gasteiger partial charge is 0.0829 e. The lowest BCUT2D eigenvalue weighted by Crippen LogP contribution is -2.11. The minimum absolute atomic E-state index is 0.647. The van der Waals surface area contributed by atoms with Crippen molar-refractivity contribution in [2.45, 2.75) is 6.55 Å². The molecular formula is C7H6Cl2Si. The van der Waals surface area contributed by atoms with E-state index in [0.717, 1.165) is 5.19 Å². The Bertz CT molecular complexity index is 235. The van der Waals surface area contributed by atoms with Gasteiger partial charge in [0.15, 0.2) is 0 Å². The van der Waals surface area contributed by atoms with E-state index in [1.54, 1.807) is 6.07 Å². The fourth-order valence-corrected chi connectivity index (χ4v) is 1.98. The highest BCUT2D eigenvalue weighted by Crippen LogP contribution is 2.17. The van der Waals surface area contributed by atoms with Gasteiger partial charge in [0.25, 0.3) is 0 Å². The molecule has 0 aromatic heterocycles. The zero-order valence-corrected chi connectivity index (χ0v) is 8.00. The predicted molar refractivity (Wildman–Crippen MR) is 47.7 cm³/mol. The Morgan fingerprint density at radius 3 is 2.50 bits per heavy atom. The molecule has 1 aromatic rings. The standard InChI is InChI=1S/C7H6Cl2Si/c1-10-6-4-2-3-5(8)7(6)9/h2-4H,1H3. The molecule has 0 fully saturated rings. The fourth-order valence-electron chi connectivity index (χ4n) is 0.697. The Morgan fingerprint density at radius 1 is 1.30 bits per heavy atom. The highest BCUT2D eigenvalue weighted by atomic mass is 35.5. The van der Waals surface area contributed by atoms with Crippen LogP contribution in [0.3, 0.4) is 0 Å². The molecule has 0 N–H and O–H groups in total. The minimum Gasteiger partial charge on any atom is -0.0829 e. The smallest absolute Gasteiger partial charge is 0.0794 e. The lowest BCUT2D eigenvalue weighted by molar-refractivity contribution is 1.76. The first-order valence-corrected chi connectivity index (χ1v) is 5.13. The van der Waals surface area contributed by atoms with E-state index in [0.29, 0.717) is 19.6 Å². The van der Waals surface area contributed by atoms with Gasteiger partial charge in [0, 0.05) is 0 Å². The summed E-state index contributed by atoms with van der Waals surface area (Å²) in [6.07, 6.45) is 0. The maximum Gasteiger partial charge on any atom is 0.0794 e. The molecule has 52 valence electrons. The molecule has 2 radical (unpaired) electrons. The molecular weight excluding hydrogens is 183 g/mol. The third-order valence-corrected chi connectivity index (χ3v) is 3.15. The zero-order valence-electron chi connectivity index (χ0n) is 5.49. The Hall–Kier alpha value is 0.0169. The average Bonchev–Trinajstić information content (AvgIpc) is 1.95. The molecule has 0 aliphatic heterocycles. The van der Waals surface area contributed by atoms with Crippen LogP contribution in [0, 0.1) is 0 Å². The van der Waals surface area contributed by atoms with Crippen molar-refractivity contribution in [1.29, 1.82) is 0 Å². The SMILES string of the molecule is C[Si]c1cccc(Cl)c1Cl. The third kappa shape index (κ3) is 1.54. The van der Waals surface area contributed by atoms with Crippen LogP contribution < -0.4 is 5.19 Å². The van der Waals surface area contributed by atoms with Gasteiger partial charge in [0.05, 0.1) is 19.6 Å². The molecule has 0 unspecified atom stereocenters. The van der Waals surface area contributed by atoms with Crippen LogP contribution in [0.5, 0.6) is 0 Å². The van der Waals surface area contributed by atoms with Gasteiger partial charge in [-0.3, -0.25) is 0 Å². The molecule has 3 heteroatoms. The van der Waals surface area contributed by atoms with Crippen molar-refractivity contribution >= 4 is 37.9 Å². The molecule has 0 bridgehead atoms. The van der Waals surface area contributed by atoms with Gasteiger partial charge < -0.3 is 0 Å². The maximum absolute atomic E-state index is 5.87. The molecule has 0 nitrogen and oxygen atoms in total. The van der Waals surface area contributed by atoms with Crippen molar-refractivity contribution in [3.8, 4) is 0 Å². The molecule has 0 aliphatic carbocycles. The van der Waals surface area contributed by atoms with Crippen LogP contribution in [0.15, 0.2) is 18.2 Å². The van der Waals surface area contributed by atoms with Crippen molar-refractivity contribution in [3.63, 3.8) is 0 Å². The van der Waals surface area contributed by atoms with E-state index in [9.17, 15) is 0 Å². The summed E-state index contributed by atoms with van der Waals surface area (Å²) in [6.45, 7) is 2.08. The first-order valence-electron chi connectivity index (χ1n) is 2.87. The molecule has 0 saturated carbocycles. The minimum atomic E-state index is 0.647. The van der Waals surface area contributed by atoms with Crippen LogP contribution in [-0.2, 0) is 0 Å². The van der Waals surface area contributed by atoms with Crippen LogP contribution >= 0.6 is 23.2 Å². The molecule has 0 heterocycles. The lowest BCUT2D eigenvalue weighted by Gasteiger charge is -1.99. The van der Waals surface area contributed by atoms with Crippen molar-refractivity contribution in [3.05, 3.63) is 28.2 Å². The monoisotopic (exact) mass is 188 g/mol. The van der Waals surface area contributed by atoms with E-state index in [1.165, 1.54) is 0 Å². The summed E-state index contributed by atoms with van der Waals surface area (Å²) in [6, 6.07) is 5.71. The summed E-state index contributed by atoms with van der Waals surface area (Å²) in [5.74, 6) is 0. The summed E-state index contributed by atoms with van der Waals surface area (Å²) < 4.78 is 0. The van der Waals surface area contributed by atoms with Gasteiger partial charge in [-0.25, -0.2) is 0 Å². The molecule has 0 amide bonds. The van der Waals surface area contributed by atoms with Crippen LogP contribution in [0.25, 0.3) is 0 Å². The molecule has 1 aromatic carbocycles. The maximum atomic E-state index is 5.87. The van der Waals surface area contributed by atoms with Gasteiger partial charge in [-0.1, -0.05) is 41.9 Å². The van der Waals surface area contributed by atoms with Crippen LogP contribution in [0.1, 0.15) is 0 Å². The van der Waals surface area contributed by atoms with Gasteiger partial charge in [0.1, 0.15) is 0 Å². The molecule has 1 rings (SSSR count). The number of halogens is 2. The highest BCUT2D eigenvalue weighted by Gasteiger charge is 2.00. The summed E-state index contributed by atoms with van der Waals surface area (Å²) in [5, 5.41) is 2.48. The average molecular weight is 189 g/mol. The predicted octanol–water partition coefficient (Wildman–Crippen LogP) is 2.37. The van der Waals surface area contributed by atoms with E-state index in [1.807, 2.05) is 12.1 Å². The van der Waals surface area contributed by atoms with Crippen molar-refractivity contribution in [2.24, 2.45) is 0 Å². The Kier molecular flexibility index (Phi) is 2.78. The molecule has 0 spiro atoms.